The van der Waals surface area contributed by atoms with E-state index in [1.165, 1.54) is 0 Å². The molecule has 4 aromatic rings. The Balaban J connectivity index is 1.70. The molecule has 0 aliphatic heterocycles. The highest BCUT2D eigenvalue weighted by Gasteiger charge is 2.09. The molecule has 0 fully saturated rings. The van der Waals surface area contributed by atoms with Gasteiger partial charge in [0.2, 0.25) is 0 Å². The van der Waals surface area contributed by atoms with Gasteiger partial charge in [0.05, 0.1) is 16.9 Å². The number of fused-ring (bicyclic) bond motifs is 1. The molecule has 136 valence electrons. The van der Waals surface area contributed by atoms with Crippen LogP contribution in [0.5, 0.6) is 0 Å². The average molecular weight is 358 g/mol. The molecule has 0 radical (unpaired) electrons. The predicted molar refractivity (Wildman–Crippen MR) is 110 cm³/mol. The molecule has 0 aliphatic rings. The lowest BCUT2D eigenvalue weighted by atomic mass is 10.0. The normalized spacial score (nSPS) is 11.1. The maximum Gasteiger partial charge on any atom is 0.116 e. The molecule has 2 aromatic carbocycles. The fourth-order valence-electron chi connectivity index (χ4n) is 3.24. The summed E-state index contributed by atoms with van der Waals surface area (Å²) in [5.74, 6) is 0. The van der Waals surface area contributed by atoms with Crippen LogP contribution in [-0.4, -0.2) is 33.3 Å². The van der Waals surface area contributed by atoms with Crippen molar-refractivity contribution in [2.75, 3.05) is 18.4 Å². The quantitative estimate of drug-likeness (QED) is 0.506. The summed E-state index contributed by atoms with van der Waals surface area (Å²) in [5, 5.41) is 11.7. The van der Waals surface area contributed by atoms with Crippen LogP contribution in [0.1, 0.15) is 11.3 Å². The number of hydrogen-bond donors (Lipinski definition) is 3. The zero-order chi connectivity index (χ0) is 18.8. The van der Waals surface area contributed by atoms with Gasteiger partial charge in [0, 0.05) is 41.0 Å². The van der Waals surface area contributed by atoms with E-state index in [4.69, 9.17) is 5.73 Å². The molecule has 0 atom stereocenters. The third kappa shape index (κ3) is 3.39. The third-order valence-corrected chi connectivity index (χ3v) is 4.68. The molecule has 6 nitrogen and oxygen atoms in total. The van der Waals surface area contributed by atoms with E-state index in [1.54, 1.807) is 6.33 Å². The number of aromatic amines is 1. The summed E-state index contributed by atoms with van der Waals surface area (Å²) in [6, 6.07) is 14.5. The van der Waals surface area contributed by atoms with Gasteiger partial charge < -0.3 is 11.1 Å². The number of aromatic nitrogens is 4. The van der Waals surface area contributed by atoms with E-state index in [1.807, 2.05) is 25.1 Å². The number of anilines is 1. The van der Waals surface area contributed by atoms with Gasteiger partial charge in [0.1, 0.15) is 6.33 Å². The lowest BCUT2D eigenvalue weighted by molar-refractivity contribution is 1.02. The summed E-state index contributed by atoms with van der Waals surface area (Å²) < 4.78 is 0. The van der Waals surface area contributed by atoms with Crippen LogP contribution in [0.4, 0.5) is 5.69 Å². The molecule has 0 spiro atoms. The number of aryl methyl sites for hydroxylation is 2. The van der Waals surface area contributed by atoms with Gasteiger partial charge in [-0.1, -0.05) is 12.1 Å². The van der Waals surface area contributed by atoms with Crippen LogP contribution < -0.4 is 11.1 Å². The van der Waals surface area contributed by atoms with Crippen molar-refractivity contribution in [1.29, 1.82) is 0 Å². The molecule has 27 heavy (non-hydrogen) atoms. The fourth-order valence-corrected chi connectivity index (χ4v) is 3.24. The van der Waals surface area contributed by atoms with Gasteiger partial charge >= 0.3 is 0 Å². The van der Waals surface area contributed by atoms with Crippen LogP contribution in [0.3, 0.4) is 0 Å². The first-order valence-corrected chi connectivity index (χ1v) is 8.98. The maximum absolute atomic E-state index is 5.56. The highest BCUT2D eigenvalue weighted by atomic mass is 15.1. The standard InChI is InChI=1S/C21H22N6/c1-13-9-16(23-8-7-22)4-5-17(13)21-11-20(24-12-25-21)15-3-6-19-18(10-15)14(2)26-27-19/h3-6,9-12,23H,7-8,22H2,1-2H3,(H,26,27). The Morgan fingerprint density at radius 3 is 2.67 bits per heavy atom. The van der Waals surface area contributed by atoms with E-state index in [0.717, 1.165) is 56.9 Å². The topological polar surface area (TPSA) is 92.5 Å². The molecule has 4 rings (SSSR count). The van der Waals surface area contributed by atoms with Gasteiger partial charge in [0.15, 0.2) is 0 Å². The van der Waals surface area contributed by atoms with E-state index < -0.39 is 0 Å². The summed E-state index contributed by atoms with van der Waals surface area (Å²) >= 11 is 0. The highest BCUT2D eigenvalue weighted by Crippen LogP contribution is 2.28. The molecule has 0 aliphatic carbocycles. The molecule has 0 saturated heterocycles. The van der Waals surface area contributed by atoms with E-state index in [-0.39, 0.29) is 0 Å². The fraction of sp³-hybridized carbons (Fsp3) is 0.190. The minimum atomic E-state index is 0.608. The van der Waals surface area contributed by atoms with Gasteiger partial charge in [-0.05, 0) is 49.7 Å². The molecule has 0 unspecified atom stereocenters. The molecule has 2 aromatic heterocycles. The van der Waals surface area contributed by atoms with Crippen LogP contribution >= 0.6 is 0 Å². The van der Waals surface area contributed by atoms with Crippen LogP contribution in [0.25, 0.3) is 33.4 Å². The van der Waals surface area contributed by atoms with E-state index in [2.05, 4.69) is 56.7 Å². The minimum absolute atomic E-state index is 0.608. The summed E-state index contributed by atoms with van der Waals surface area (Å²) in [4.78, 5) is 8.96. The van der Waals surface area contributed by atoms with Gasteiger partial charge in [-0.25, -0.2) is 9.97 Å². The monoisotopic (exact) mass is 358 g/mol. The SMILES string of the molecule is Cc1cc(NCCN)ccc1-c1cc(-c2ccc3n[nH]c(C)c3c2)ncn1. The van der Waals surface area contributed by atoms with Crippen molar-refractivity contribution in [3.8, 4) is 22.5 Å². The molecule has 0 saturated carbocycles. The second-order valence-electron chi connectivity index (χ2n) is 6.61. The van der Waals surface area contributed by atoms with Gasteiger partial charge in [-0.3, -0.25) is 5.10 Å². The molecule has 4 N–H and O–H groups in total. The average Bonchev–Trinajstić information content (AvgIpc) is 3.07. The number of rotatable bonds is 5. The Kier molecular flexibility index (Phi) is 4.56. The number of hydrogen-bond acceptors (Lipinski definition) is 5. The summed E-state index contributed by atoms with van der Waals surface area (Å²) in [5.41, 5.74) is 13.7. The zero-order valence-electron chi connectivity index (χ0n) is 15.5. The molecule has 2 heterocycles. The van der Waals surface area contributed by atoms with Crippen molar-refractivity contribution in [3.63, 3.8) is 0 Å². The number of nitrogens with two attached hydrogens (primary N) is 1. The van der Waals surface area contributed by atoms with Crippen LogP contribution in [-0.2, 0) is 0 Å². The zero-order valence-corrected chi connectivity index (χ0v) is 15.5. The number of nitrogens with one attached hydrogen (secondary N) is 2. The first kappa shape index (κ1) is 17.2. The van der Waals surface area contributed by atoms with Crippen LogP contribution in [0, 0.1) is 13.8 Å². The van der Waals surface area contributed by atoms with Crippen molar-refractivity contribution >= 4 is 16.6 Å². The molecule has 6 heteroatoms. The molecular formula is C21H22N6. The highest BCUT2D eigenvalue weighted by molar-refractivity contribution is 5.86. The Hall–Kier alpha value is -3.25. The summed E-state index contributed by atoms with van der Waals surface area (Å²) in [6.45, 7) is 5.47. The van der Waals surface area contributed by atoms with E-state index in [9.17, 15) is 0 Å². The first-order valence-electron chi connectivity index (χ1n) is 8.98. The Morgan fingerprint density at radius 2 is 1.85 bits per heavy atom. The van der Waals surface area contributed by atoms with Crippen molar-refractivity contribution in [2.24, 2.45) is 5.73 Å². The van der Waals surface area contributed by atoms with Gasteiger partial charge in [0.25, 0.3) is 0 Å². The summed E-state index contributed by atoms with van der Waals surface area (Å²) in [7, 11) is 0. The van der Waals surface area contributed by atoms with Crippen molar-refractivity contribution in [3.05, 3.63) is 60.0 Å². The predicted octanol–water partition coefficient (Wildman–Crippen LogP) is 3.67. The van der Waals surface area contributed by atoms with E-state index in [0.29, 0.717) is 6.54 Å². The minimum Gasteiger partial charge on any atom is -0.384 e. The Bertz CT molecular complexity index is 1100. The molecule has 0 bridgehead atoms. The maximum atomic E-state index is 5.56. The van der Waals surface area contributed by atoms with Gasteiger partial charge in [-0.15, -0.1) is 0 Å². The van der Waals surface area contributed by atoms with Crippen molar-refractivity contribution < 1.29 is 0 Å². The number of H-pyrrole nitrogens is 1. The van der Waals surface area contributed by atoms with Crippen molar-refractivity contribution in [1.82, 2.24) is 20.2 Å². The second-order valence-corrected chi connectivity index (χ2v) is 6.61. The first-order chi connectivity index (χ1) is 13.2. The second kappa shape index (κ2) is 7.17. The van der Waals surface area contributed by atoms with Gasteiger partial charge in [-0.2, -0.15) is 5.10 Å². The smallest absolute Gasteiger partial charge is 0.116 e. The Morgan fingerprint density at radius 1 is 1.00 bits per heavy atom. The Labute approximate surface area is 157 Å². The van der Waals surface area contributed by atoms with Crippen molar-refractivity contribution in [2.45, 2.75) is 13.8 Å². The molecular weight excluding hydrogens is 336 g/mol. The molecule has 0 amide bonds. The van der Waals surface area contributed by atoms with Crippen LogP contribution in [0.2, 0.25) is 0 Å². The van der Waals surface area contributed by atoms with E-state index >= 15 is 0 Å². The van der Waals surface area contributed by atoms with Crippen LogP contribution in [0.15, 0.2) is 48.8 Å². The largest absolute Gasteiger partial charge is 0.384 e. The number of nitrogens with zero attached hydrogens (tertiary/aromatic N) is 3. The third-order valence-electron chi connectivity index (χ3n) is 4.68. The summed E-state index contributed by atoms with van der Waals surface area (Å²) in [6.07, 6.45) is 1.62. The number of benzene rings is 2. The lowest BCUT2D eigenvalue weighted by Gasteiger charge is -2.10. The lowest BCUT2D eigenvalue weighted by Crippen LogP contribution is -2.13.